The lowest BCUT2D eigenvalue weighted by molar-refractivity contribution is -0.141. The summed E-state index contributed by atoms with van der Waals surface area (Å²) >= 11 is 2.40. The normalized spacial score (nSPS) is 33.2. The van der Waals surface area contributed by atoms with Gasteiger partial charge < -0.3 is 9.47 Å². The minimum absolute atomic E-state index is 0.0376. The third kappa shape index (κ3) is 2.94. The summed E-state index contributed by atoms with van der Waals surface area (Å²) in [5, 5.41) is 0. The zero-order valence-corrected chi connectivity index (χ0v) is 12.8. The standard InChI is InChI=1S/C15H17IO3/c16-13-6-11(12-7-14(17)19-15(12)13)9-18-8-10-4-2-1-3-5-10/h1-5,11-13,15H,6-9H2/t11-,12-,13-,15-/m1/s1. The summed E-state index contributed by atoms with van der Waals surface area (Å²) in [6.45, 7) is 1.38. The van der Waals surface area contributed by atoms with Crippen molar-refractivity contribution >= 4 is 28.6 Å². The molecule has 2 aliphatic rings. The van der Waals surface area contributed by atoms with E-state index in [0.717, 1.165) is 13.0 Å². The van der Waals surface area contributed by atoms with E-state index in [1.807, 2.05) is 18.2 Å². The molecule has 1 aromatic rings. The number of alkyl halides is 1. The molecule has 0 bridgehead atoms. The average molecular weight is 372 g/mol. The molecule has 2 fully saturated rings. The Bertz CT molecular complexity index is 448. The van der Waals surface area contributed by atoms with E-state index in [4.69, 9.17) is 9.47 Å². The van der Waals surface area contributed by atoms with E-state index in [9.17, 15) is 4.79 Å². The van der Waals surface area contributed by atoms with Crippen molar-refractivity contribution in [3.05, 3.63) is 35.9 Å². The van der Waals surface area contributed by atoms with E-state index >= 15 is 0 Å². The molecule has 0 aromatic heterocycles. The summed E-state index contributed by atoms with van der Waals surface area (Å²) in [6.07, 6.45) is 1.79. The lowest BCUT2D eigenvalue weighted by atomic mass is 9.94. The van der Waals surface area contributed by atoms with Gasteiger partial charge in [-0.05, 0) is 17.9 Å². The Balaban J connectivity index is 1.52. The van der Waals surface area contributed by atoms with Gasteiger partial charge >= 0.3 is 5.97 Å². The lowest BCUT2D eigenvalue weighted by Crippen LogP contribution is -2.20. The predicted molar refractivity (Wildman–Crippen MR) is 80.0 cm³/mol. The van der Waals surface area contributed by atoms with Gasteiger partial charge in [-0.3, -0.25) is 4.79 Å². The van der Waals surface area contributed by atoms with Crippen LogP contribution in [0.5, 0.6) is 0 Å². The van der Waals surface area contributed by atoms with Crippen LogP contribution >= 0.6 is 22.6 Å². The minimum atomic E-state index is -0.0376. The topological polar surface area (TPSA) is 35.5 Å². The zero-order chi connectivity index (χ0) is 13.2. The van der Waals surface area contributed by atoms with Crippen molar-refractivity contribution in [1.29, 1.82) is 0 Å². The highest BCUT2D eigenvalue weighted by atomic mass is 127. The van der Waals surface area contributed by atoms with Crippen LogP contribution in [0.4, 0.5) is 0 Å². The number of benzene rings is 1. The summed E-state index contributed by atoms with van der Waals surface area (Å²) in [5.74, 6) is 0.789. The van der Waals surface area contributed by atoms with E-state index in [1.54, 1.807) is 0 Å². The van der Waals surface area contributed by atoms with Crippen LogP contribution in [0.25, 0.3) is 0 Å². The van der Waals surface area contributed by atoms with Gasteiger partial charge in [0.25, 0.3) is 0 Å². The summed E-state index contributed by atoms with van der Waals surface area (Å²) in [6, 6.07) is 10.2. The molecule has 0 N–H and O–H groups in total. The van der Waals surface area contributed by atoms with Crippen LogP contribution in [0.15, 0.2) is 30.3 Å². The van der Waals surface area contributed by atoms with Crippen LogP contribution in [0.3, 0.4) is 0 Å². The number of hydrogen-bond acceptors (Lipinski definition) is 3. The molecule has 1 aliphatic heterocycles. The van der Waals surface area contributed by atoms with Crippen LogP contribution in [0, 0.1) is 11.8 Å². The second-order valence-electron chi connectivity index (χ2n) is 5.33. The molecule has 0 unspecified atom stereocenters. The maximum absolute atomic E-state index is 11.4. The molecule has 4 heteroatoms. The second kappa shape index (κ2) is 5.79. The third-order valence-corrected chi connectivity index (χ3v) is 5.24. The number of halogens is 1. The monoisotopic (exact) mass is 372 g/mol. The van der Waals surface area contributed by atoms with Crippen LogP contribution in [0.2, 0.25) is 0 Å². The first kappa shape index (κ1) is 13.4. The minimum Gasteiger partial charge on any atom is -0.461 e. The molecule has 1 aliphatic carbocycles. The van der Waals surface area contributed by atoms with Gasteiger partial charge in [0.15, 0.2) is 0 Å². The largest absolute Gasteiger partial charge is 0.461 e. The van der Waals surface area contributed by atoms with Crippen LogP contribution in [-0.2, 0) is 20.9 Å². The van der Waals surface area contributed by atoms with Gasteiger partial charge in [-0.2, -0.15) is 0 Å². The molecule has 4 atom stereocenters. The Morgan fingerprint density at radius 3 is 2.89 bits per heavy atom. The molecule has 1 heterocycles. The van der Waals surface area contributed by atoms with Crippen LogP contribution in [-0.4, -0.2) is 22.6 Å². The molecule has 0 amide bonds. The summed E-state index contributed by atoms with van der Waals surface area (Å²) in [5.41, 5.74) is 1.20. The van der Waals surface area contributed by atoms with Gasteiger partial charge in [0.2, 0.25) is 0 Å². The number of carbonyl (C=O) groups excluding carboxylic acids is 1. The maximum Gasteiger partial charge on any atom is 0.306 e. The zero-order valence-electron chi connectivity index (χ0n) is 10.6. The average Bonchev–Trinajstić information content (AvgIpc) is 2.92. The Morgan fingerprint density at radius 1 is 1.32 bits per heavy atom. The first-order valence-electron chi connectivity index (χ1n) is 6.69. The number of rotatable bonds is 4. The molecule has 1 aromatic carbocycles. The van der Waals surface area contributed by atoms with Crippen LogP contribution < -0.4 is 0 Å². The van der Waals surface area contributed by atoms with Crippen molar-refractivity contribution in [2.24, 2.45) is 11.8 Å². The number of fused-ring (bicyclic) bond motifs is 1. The molecule has 0 radical (unpaired) electrons. The van der Waals surface area contributed by atoms with Crippen molar-refractivity contribution in [3.8, 4) is 0 Å². The number of ether oxygens (including phenoxy) is 2. The van der Waals surface area contributed by atoms with Crippen molar-refractivity contribution < 1.29 is 14.3 Å². The third-order valence-electron chi connectivity index (χ3n) is 4.03. The molecule has 1 saturated carbocycles. The van der Waals surface area contributed by atoms with Crippen molar-refractivity contribution in [2.45, 2.75) is 29.5 Å². The quantitative estimate of drug-likeness (QED) is 0.463. The second-order valence-corrected chi connectivity index (χ2v) is 6.93. The van der Waals surface area contributed by atoms with E-state index < -0.39 is 0 Å². The first-order valence-corrected chi connectivity index (χ1v) is 7.94. The van der Waals surface area contributed by atoms with Crippen molar-refractivity contribution in [2.75, 3.05) is 6.61 Å². The molecule has 19 heavy (non-hydrogen) atoms. The fourth-order valence-electron chi connectivity index (χ4n) is 3.07. The molecule has 3 nitrogen and oxygen atoms in total. The Morgan fingerprint density at radius 2 is 2.11 bits per heavy atom. The number of esters is 1. The Labute approximate surface area is 126 Å². The Kier molecular flexibility index (Phi) is 4.07. The van der Waals surface area contributed by atoms with Crippen LogP contribution in [0.1, 0.15) is 18.4 Å². The van der Waals surface area contributed by atoms with Gasteiger partial charge in [-0.25, -0.2) is 0 Å². The first-order chi connectivity index (χ1) is 9.24. The fraction of sp³-hybridized carbons (Fsp3) is 0.533. The van der Waals surface area contributed by atoms with Crippen molar-refractivity contribution in [3.63, 3.8) is 0 Å². The maximum atomic E-state index is 11.4. The SMILES string of the molecule is O=C1C[C@@H]2[C@@H](COCc3ccccc3)C[C@@H](I)[C@@H]2O1. The van der Waals surface area contributed by atoms with E-state index in [1.165, 1.54) is 5.56 Å². The van der Waals surface area contributed by atoms with Gasteiger partial charge in [0, 0.05) is 9.84 Å². The smallest absolute Gasteiger partial charge is 0.306 e. The highest BCUT2D eigenvalue weighted by Gasteiger charge is 2.49. The van der Waals surface area contributed by atoms with Gasteiger partial charge in [-0.15, -0.1) is 0 Å². The van der Waals surface area contributed by atoms with E-state index in [-0.39, 0.29) is 12.1 Å². The van der Waals surface area contributed by atoms with Gasteiger partial charge in [0.05, 0.1) is 19.6 Å². The van der Waals surface area contributed by atoms with Crippen molar-refractivity contribution in [1.82, 2.24) is 0 Å². The molecule has 102 valence electrons. The molecule has 3 rings (SSSR count). The summed E-state index contributed by atoms with van der Waals surface area (Å²) in [4.78, 5) is 11.4. The molecule has 1 saturated heterocycles. The van der Waals surface area contributed by atoms with E-state index in [0.29, 0.717) is 28.8 Å². The van der Waals surface area contributed by atoms with Gasteiger partial charge in [-0.1, -0.05) is 52.9 Å². The highest BCUT2D eigenvalue weighted by Crippen LogP contribution is 2.44. The lowest BCUT2D eigenvalue weighted by Gasteiger charge is -2.15. The predicted octanol–water partition coefficient (Wildman–Crippen LogP) is 2.96. The van der Waals surface area contributed by atoms with Gasteiger partial charge in [0.1, 0.15) is 6.10 Å². The molecular weight excluding hydrogens is 355 g/mol. The summed E-state index contributed by atoms with van der Waals surface area (Å²) < 4.78 is 11.7. The molecule has 0 spiro atoms. The molecular formula is C15H17IO3. The number of carbonyl (C=O) groups is 1. The Hall–Kier alpha value is -0.620. The van der Waals surface area contributed by atoms with E-state index in [2.05, 4.69) is 34.7 Å². The highest BCUT2D eigenvalue weighted by molar-refractivity contribution is 14.1. The fourth-order valence-corrected chi connectivity index (χ4v) is 4.40. The summed E-state index contributed by atoms with van der Waals surface area (Å²) in [7, 11) is 0. The number of hydrogen-bond donors (Lipinski definition) is 0.